The van der Waals surface area contributed by atoms with E-state index in [1.165, 1.54) is 18.4 Å². The molecule has 1 aliphatic carbocycles. The molecule has 0 unspecified atom stereocenters. The van der Waals surface area contributed by atoms with E-state index in [1.54, 1.807) is 0 Å². The normalized spacial score (nSPS) is 15.1. The van der Waals surface area contributed by atoms with Gasteiger partial charge in [0.2, 0.25) is 0 Å². The highest BCUT2D eigenvalue weighted by molar-refractivity contribution is 5.52. The van der Waals surface area contributed by atoms with E-state index in [0.29, 0.717) is 12.6 Å². The number of nitrogens with two attached hydrogens (primary N) is 1. The average Bonchev–Trinajstić information content (AvgIpc) is 3.14. The maximum absolute atomic E-state index is 5.88. The fourth-order valence-corrected chi connectivity index (χ4v) is 2.21. The van der Waals surface area contributed by atoms with Gasteiger partial charge in [-0.2, -0.15) is 5.10 Å². The van der Waals surface area contributed by atoms with Crippen LogP contribution in [-0.4, -0.2) is 22.8 Å². The van der Waals surface area contributed by atoms with Crippen molar-refractivity contribution in [2.45, 2.75) is 52.6 Å². The summed E-state index contributed by atoms with van der Waals surface area (Å²) in [6, 6.07) is 0.664. The molecule has 1 heterocycles. The molecule has 1 aromatic heterocycles. The zero-order chi connectivity index (χ0) is 12.4. The molecule has 17 heavy (non-hydrogen) atoms. The van der Waals surface area contributed by atoms with Gasteiger partial charge < -0.3 is 10.6 Å². The molecule has 2 rings (SSSR count). The quantitative estimate of drug-likeness (QED) is 0.846. The van der Waals surface area contributed by atoms with E-state index >= 15 is 0 Å². The fraction of sp³-hybridized carbons (Fsp3) is 0.692. The lowest BCUT2D eigenvalue weighted by Crippen LogP contribution is -2.30. The Morgan fingerprint density at radius 1 is 1.29 bits per heavy atom. The van der Waals surface area contributed by atoms with Crippen molar-refractivity contribution in [3.8, 4) is 0 Å². The maximum atomic E-state index is 5.88. The molecular formula is C13H22N4. The van der Waals surface area contributed by atoms with Crippen molar-refractivity contribution in [3.63, 3.8) is 0 Å². The summed E-state index contributed by atoms with van der Waals surface area (Å²) in [5.74, 6) is 1.01. The molecule has 0 spiro atoms. The van der Waals surface area contributed by atoms with E-state index in [2.05, 4.69) is 28.9 Å². The third-order valence-electron chi connectivity index (χ3n) is 3.49. The average molecular weight is 234 g/mol. The lowest BCUT2D eigenvalue weighted by atomic mass is 10.1. The van der Waals surface area contributed by atoms with Gasteiger partial charge in [0.25, 0.3) is 0 Å². The lowest BCUT2D eigenvalue weighted by Gasteiger charge is -2.25. The van der Waals surface area contributed by atoms with Crippen LogP contribution in [0.25, 0.3) is 0 Å². The minimum atomic E-state index is 0.546. The van der Waals surface area contributed by atoms with E-state index in [-0.39, 0.29) is 0 Å². The summed E-state index contributed by atoms with van der Waals surface area (Å²) in [5.41, 5.74) is 9.23. The first-order valence-electron chi connectivity index (χ1n) is 6.48. The Morgan fingerprint density at radius 3 is 2.53 bits per heavy atom. The molecule has 4 heteroatoms. The first-order valence-corrected chi connectivity index (χ1v) is 6.48. The predicted molar refractivity (Wildman–Crippen MR) is 70.1 cm³/mol. The molecule has 0 atom stereocenters. The van der Waals surface area contributed by atoms with Gasteiger partial charge in [0, 0.05) is 24.7 Å². The van der Waals surface area contributed by atoms with Crippen LogP contribution in [0.15, 0.2) is 0 Å². The van der Waals surface area contributed by atoms with E-state index in [9.17, 15) is 0 Å². The van der Waals surface area contributed by atoms with Gasteiger partial charge in [-0.1, -0.05) is 6.92 Å². The summed E-state index contributed by atoms with van der Waals surface area (Å²) < 4.78 is 0. The molecule has 0 bridgehead atoms. The second-order valence-electron chi connectivity index (χ2n) is 4.84. The summed E-state index contributed by atoms with van der Waals surface area (Å²) in [4.78, 5) is 2.39. The minimum Gasteiger partial charge on any atom is -0.352 e. The SMILES string of the molecule is CCCN(c1nnc(C)c(C)c1CN)C1CC1. The topological polar surface area (TPSA) is 55.0 Å². The van der Waals surface area contributed by atoms with E-state index in [1.807, 2.05) is 6.92 Å². The summed E-state index contributed by atoms with van der Waals surface area (Å²) in [7, 11) is 0. The largest absolute Gasteiger partial charge is 0.352 e. The zero-order valence-electron chi connectivity index (χ0n) is 11.0. The minimum absolute atomic E-state index is 0.546. The smallest absolute Gasteiger partial charge is 0.156 e. The third kappa shape index (κ3) is 2.41. The van der Waals surface area contributed by atoms with Crippen LogP contribution in [0.5, 0.6) is 0 Å². The molecule has 2 N–H and O–H groups in total. The van der Waals surface area contributed by atoms with Crippen molar-refractivity contribution in [2.24, 2.45) is 5.73 Å². The van der Waals surface area contributed by atoms with Crippen molar-refractivity contribution in [3.05, 3.63) is 16.8 Å². The van der Waals surface area contributed by atoms with Crippen molar-refractivity contribution in [2.75, 3.05) is 11.4 Å². The van der Waals surface area contributed by atoms with Gasteiger partial charge in [0.1, 0.15) is 0 Å². The number of hydrogen-bond acceptors (Lipinski definition) is 4. The summed E-state index contributed by atoms with van der Waals surface area (Å²) in [6.45, 7) is 7.88. The summed E-state index contributed by atoms with van der Waals surface area (Å²) >= 11 is 0. The highest BCUT2D eigenvalue weighted by atomic mass is 15.3. The molecule has 4 nitrogen and oxygen atoms in total. The zero-order valence-corrected chi connectivity index (χ0v) is 11.0. The van der Waals surface area contributed by atoms with Crippen LogP contribution in [0.4, 0.5) is 5.82 Å². The van der Waals surface area contributed by atoms with Gasteiger partial charge >= 0.3 is 0 Å². The highest BCUT2D eigenvalue weighted by Gasteiger charge is 2.31. The molecule has 1 fully saturated rings. The molecule has 1 aliphatic rings. The van der Waals surface area contributed by atoms with Crippen molar-refractivity contribution < 1.29 is 0 Å². The van der Waals surface area contributed by atoms with Gasteiger partial charge in [-0.05, 0) is 38.7 Å². The van der Waals surface area contributed by atoms with E-state index in [0.717, 1.165) is 30.0 Å². The Labute approximate surface area is 103 Å². The Kier molecular flexibility index (Phi) is 3.62. The van der Waals surface area contributed by atoms with Crippen LogP contribution >= 0.6 is 0 Å². The van der Waals surface area contributed by atoms with Gasteiger partial charge in [-0.3, -0.25) is 0 Å². The Hall–Kier alpha value is -1.16. The number of aromatic nitrogens is 2. The molecule has 0 amide bonds. The number of hydrogen-bond donors (Lipinski definition) is 1. The molecule has 0 aromatic carbocycles. The first-order chi connectivity index (χ1) is 8.19. The fourth-order valence-electron chi connectivity index (χ4n) is 2.21. The molecular weight excluding hydrogens is 212 g/mol. The maximum Gasteiger partial charge on any atom is 0.156 e. The summed E-state index contributed by atoms with van der Waals surface area (Å²) in [5, 5.41) is 8.64. The van der Waals surface area contributed by atoms with Crippen molar-refractivity contribution in [1.29, 1.82) is 0 Å². The van der Waals surface area contributed by atoms with Crippen molar-refractivity contribution in [1.82, 2.24) is 10.2 Å². The van der Waals surface area contributed by atoms with E-state index < -0.39 is 0 Å². The first kappa shape index (κ1) is 12.3. The molecule has 0 aliphatic heterocycles. The Balaban J connectivity index is 2.38. The number of aryl methyl sites for hydroxylation is 1. The molecule has 1 aromatic rings. The molecule has 0 radical (unpaired) electrons. The third-order valence-corrected chi connectivity index (χ3v) is 3.49. The van der Waals surface area contributed by atoms with Crippen LogP contribution < -0.4 is 10.6 Å². The monoisotopic (exact) mass is 234 g/mol. The molecule has 1 saturated carbocycles. The number of rotatable bonds is 5. The van der Waals surface area contributed by atoms with Gasteiger partial charge in [0.05, 0.1) is 5.69 Å². The second kappa shape index (κ2) is 5.00. The Morgan fingerprint density at radius 2 is 2.00 bits per heavy atom. The van der Waals surface area contributed by atoms with Gasteiger partial charge in [-0.15, -0.1) is 5.10 Å². The lowest BCUT2D eigenvalue weighted by molar-refractivity contribution is 0.726. The van der Waals surface area contributed by atoms with Crippen LogP contribution in [-0.2, 0) is 6.54 Å². The highest BCUT2D eigenvalue weighted by Crippen LogP contribution is 2.33. The van der Waals surface area contributed by atoms with Gasteiger partial charge in [-0.25, -0.2) is 0 Å². The number of nitrogens with zero attached hydrogens (tertiary/aromatic N) is 3. The summed E-state index contributed by atoms with van der Waals surface area (Å²) in [6.07, 6.45) is 3.69. The van der Waals surface area contributed by atoms with Crippen LogP contribution in [0, 0.1) is 13.8 Å². The van der Waals surface area contributed by atoms with E-state index in [4.69, 9.17) is 5.73 Å². The molecule has 94 valence electrons. The molecule has 0 saturated heterocycles. The van der Waals surface area contributed by atoms with Crippen LogP contribution in [0.3, 0.4) is 0 Å². The Bertz CT molecular complexity index is 399. The van der Waals surface area contributed by atoms with Gasteiger partial charge in [0.15, 0.2) is 5.82 Å². The van der Waals surface area contributed by atoms with Crippen molar-refractivity contribution >= 4 is 5.82 Å². The van der Waals surface area contributed by atoms with Crippen LogP contribution in [0.2, 0.25) is 0 Å². The standard InChI is InChI=1S/C13H22N4/c1-4-7-17(11-5-6-11)13-12(8-14)9(2)10(3)15-16-13/h11H,4-8,14H2,1-3H3. The van der Waals surface area contributed by atoms with Crippen LogP contribution in [0.1, 0.15) is 43.0 Å². The second-order valence-corrected chi connectivity index (χ2v) is 4.84. The predicted octanol–water partition coefficient (Wildman–Crippen LogP) is 1.93. The number of anilines is 1.